The SMILES string of the molecule is CCC(Oc1cccc(OC)c1)C(=O)NCc1ccccn1. The van der Waals surface area contributed by atoms with E-state index < -0.39 is 6.10 Å². The molecule has 0 aliphatic carbocycles. The standard InChI is InChI=1S/C17H20N2O3/c1-3-16(22-15-9-6-8-14(11-15)21-2)17(20)19-12-13-7-4-5-10-18-13/h4-11,16H,3,12H2,1-2H3,(H,19,20). The van der Waals surface area contributed by atoms with E-state index in [0.29, 0.717) is 24.5 Å². The topological polar surface area (TPSA) is 60.5 Å². The molecule has 2 aromatic rings. The normalized spacial score (nSPS) is 11.5. The first-order valence-electron chi connectivity index (χ1n) is 7.21. The molecule has 0 aliphatic rings. The number of rotatable bonds is 7. The minimum absolute atomic E-state index is 0.157. The lowest BCUT2D eigenvalue weighted by atomic mass is 10.2. The van der Waals surface area contributed by atoms with E-state index in [-0.39, 0.29) is 5.91 Å². The zero-order chi connectivity index (χ0) is 15.8. The zero-order valence-corrected chi connectivity index (χ0v) is 12.8. The maximum Gasteiger partial charge on any atom is 0.261 e. The fraction of sp³-hybridized carbons (Fsp3) is 0.294. The molecular formula is C17H20N2O3. The second kappa shape index (κ2) is 8.02. The molecule has 0 spiro atoms. The summed E-state index contributed by atoms with van der Waals surface area (Å²) in [5.74, 6) is 1.15. The summed E-state index contributed by atoms with van der Waals surface area (Å²) in [7, 11) is 1.59. The minimum atomic E-state index is -0.546. The van der Waals surface area contributed by atoms with E-state index in [4.69, 9.17) is 9.47 Å². The quantitative estimate of drug-likeness (QED) is 0.853. The molecule has 0 saturated heterocycles. The lowest BCUT2D eigenvalue weighted by Gasteiger charge is -2.17. The predicted molar refractivity (Wildman–Crippen MR) is 83.8 cm³/mol. The summed E-state index contributed by atoms with van der Waals surface area (Å²) in [6.07, 6.45) is 1.73. The van der Waals surface area contributed by atoms with Crippen LogP contribution >= 0.6 is 0 Å². The highest BCUT2D eigenvalue weighted by Crippen LogP contribution is 2.20. The summed E-state index contributed by atoms with van der Waals surface area (Å²) in [6, 6.07) is 12.8. The van der Waals surface area contributed by atoms with Crippen molar-refractivity contribution in [2.45, 2.75) is 26.0 Å². The van der Waals surface area contributed by atoms with Crippen LogP contribution < -0.4 is 14.8 Å². The Hall–Kier alpha value is -2.56. The van der Waals surface area contributed by atoms with Gasteiger partial charge in [0.1, 0.15) is 11.5 Å². The number of aromatic nitrogens is 1. The Kier molecular flexibility index (Phi) is 5.77. The van der Waals surface area contributed by atoms with Crippen molar-refractivity contribution >= 4 is 5.91 Å². The van der Waals surface area contributed by atoms with E-state index in [1.807, 2.05) is 37.3 Å². The first-order valence-corrected chi connectivity index (χ1v) is 7.21. The third-order valence-corrected chi connectivity index (χ3v) is 3.15. The van der Waals surface area contributed by atoms with E-state index in [9.17, 15) is 4.79 Å². The average Bonchev–Trinajstić information content (AvgIpc) is 2.58. The van der Waals surface area contributed by atoms with Gasteiger partial charge in [0.05, 0.1) is 19.3 Å². The molecule has 0 saturated carbocycles. The van der Waals surface area contributed by atoms with E-state index in [0.717, 1.165) is 5.69 Å². The third kappa shape index (κ3) is 4.48. The smallest absolute Gasteiger partial charge is 0.261 e. The van der Waals surface area contributed by atoms with Gasteiger partial charge in [-0.2, -0.15) is 0 Å². The minimum Gasteiger partial charge on any atom is -0.497 e. The van der Waals surface area contributed by atoms with E-state index in [1.54, 1.807) is 25.4 Å². The third-order valence-electron chi connectivity index (χ3n) is 3.15. The van der Waals surface area contributed by atoms with E-state index >= 15 is 0 Å². The molecule has 1 amide bonds. The fourth-order valence-electron chi connectivity index (χ4n) is 1.96. The van der Waals surface area contributed by atoms with Crippen LogP contribution in [0, 0.1) is 0 Å². The van der Waals surface area contributed by atoms with Crippen LogP contribution in [0.25, 0.3) is 0 Å². The van der Waals surface area contributed by atoms with Crippen LogP contribution in [-0.4, -0.2) is 24.1 Å². The maximum absolute atomic E-state index is 12.2. The molecule has 1 N–H and O–H groups in total. The molecule has 0 fully saturated rings. The van der Waals surface area contributed by atoms with Gasteiger partial charge in [-0.3, -0.25) is 9.78 Å². The van der Waals surface area contributed by atoms with Gasteiger partial charge in [-0.05, 0) is 30.7 Å². The summed E-state index contributed by atoms with van der Waals surface area (Å²) in [6.45, 7) is 2.29. The number of nitrogens with one attached hydrogen (secondary N) is 1. The fourth-order valence-corrected chi connectivity index (χ4v) is 1.96. The number of amides is 1. The zero-order valence-electron chi connectivity index (χ0n) is 12.8. The molecule has 1 unspecified atom stereocenters. The van der Waals surface area contributed by atoms with E-state index in [2.05, 4.69) is 10.3 Å². The highest BCUT2D eigenvalue weighted by molar-refractivity contribution is 5.81. The summed E-state index contributed by atoms with van der Waals surface area (Å²) in [5, 5.41) is 2.84. The van der Waals surface area contributed by atoms with Crippen LogP contribution in [0.5, 0.6) is 11.5 Å². The van der Waals surface area contributed by atoms with Crippen LogP contribution in [0.2, 0.25) is 0 Å². The molecule has 116 valence electrons. The number of methoxy groups -OCH3 is 1. The highest BCUT2D eigenvalue weighted by Gasteiger charge is 2.18. The van der Waals surface area contributed by atoms with Gasteiger partial charge in [0.15, 0.2) is 6.10 Å². The van der Waals surface area contributed by atoms with Crippen LogP contribution in [-0.2, 0) is 11.3 Å². The summed E-state index contributed by atoms with van der Waals surface area (Å²) in [5.41, 5.74) is 0.812. The Morgan fingerprint density at radius 2 is 2.05 bits per heavy atom. The number of carbonyl (C=O) groups excluding carboxylic acids is 1. The van der Waals surface area contributed by atoms with Crippen molar-refractivity contribution in [3.05, 3.63) is 54.4 Å². The van der Waals surface area contributed by atoms with Crippen LogP contribution in [0.3, 0.4) is 0 Å². The molecule has 1 atom stereocenters. The second-order valence-corrected chi connectivity index (χ2v) is 4.73. The van der Waals surface area contributed by atoms with Crippen molar-refractivity contribution in [3.8, 4) is 11.5 Å². The molecular weight excluding hydrogens is 280 g/mol. The van der Waals surface area contributed by atoms with Crippen LogP contribution in [0.4, 0.5) is 0 Å². The number of nitrogens with zero attached hydrogens (tertiary/aromatic N) is 1. The Labute approximate surface area is 130 Å². The molecule has 1 heterocycles. The summed E-state index contributed by atoms with van der Waals surface area (Å²) < 4.78 is 10.9. The monoisotopic (exact) mass is 300 g/mol. The molecule has 1 aromatic heterocycles. The molecule has 0 bridgehead atoms. The first-order chi connectivity index (χ1) is 10.7. The molecule has 0 radical (unpaired) electrons. The van der Waals surface area contributed by atoms with Gasteiger partial charge in [-0.25, -0.2) is 0 Å². The van der Waals surface area contributed by atoms with Gasteiger partial charge in [-0.1, -0.05) is 19.1 Å². The Bertz CT molecular complexity index is 602. The molecule has 0 aliphatic heterocycles. The number of carbonyl (C=O) groups is 1. The molecule has 2 rings (SSSR count). The van der Waals surface area contributed by atoms with E-state index in [1.165, 1.54) is 0 Å². The highest BCUT2D eigenvalue weighted by atomic mass is 16.5. The average molecular weight is 300 g/mol. The van der Waals surface area contributed by atoms with Crippen molar-refractivity contribution in [1.29, 1.82) is 0 Å². The van der Waals surface area contributed by atoms with Crippen LogP contribution in [0.15, 0.2) is 48.7 Å². The Morgan fingerprint density at radius 3 is 2.73 bits per heavy atom. The Morgan fingerprint density at radius 1 is 1.23 bits per heavy atom. The number of hydrogen-bond acceptors (Lipinski definition) is 4. The molecule has 22 heavy (non-hydrogen) atoms. The number of pyridine rings is 1. The van der Waals surface area contributed by atoms with Gasteiger partial charge >= 0.3 is 0 Å². The second-order valence-electron chi connectivity index (χ2n) is 4.73. The van der Waals surface area contributed by atoms with Crippen molar-refractivity contribution in [1.82, 2.24) is 10.3 Å². The lowest BCUT2D eigenvalue weighted by molar-refractivity contribution is -0.128. The van der Waals surface area contributed by atoms with Gasteiger partial charge in [0.2, 0.25) is 0 Å². The first kappa shape index (κ1) is 15.8. The number of benzene rings is 1. The van der Waals surface area contributed by atoms with Gasteiger partial charge in [0.25, 0.3) is 5.91 Å². The van der Waals surface area contributed by atoms with Crippen molar-refractivity contribution in [2.75, 3.05) is 7.11 Å². The van der Waals surface area contributed by atoms with Crippen molar-refractivity contribution < 1.29 is 14.3 Å². The summed E-state index contributed by atoms with van der Waals surface area (Å²) in [4.78, 5) is 16.4. The van der Waals surface area contributed by atoms with Crippen LogP contribution in [0.1, 0.15) is 19.0 Å². The maximum atomic E-state index is 12.2. The molecule has 1 aromatic carbocycles. The molecule has 5 nitrogen and oxygen atoms in total. The number of ether oxygens (including phenoxy) is 2. The van der Waals surface area contributed by atoms with Crippen molar-refractivity contribution in [2.24, 2.45) is 0 Å². The largest absolute Gasteiger partial charge is 0.497 e. The Balaban J connectivity index is 1.93. The number of hydrogen-bond donors (Lipinski definition) is 1. The predicted octanol–water partition coefficient (Wildman–Crippen LogP) is 2.56. The molecule has 5 heteroatoms. The van der Waals surface area contributed by atoms with Gasteiger partial charge in [-0.15, -0.1) is 0 Å². The lowest BCUT2D eigenvalue weighted by Crippen LogP contribution is -2.37. The van der Waals surface area contributed by atoms with Crippen molar-refractivity contribution in [3.63, 3.8) is 0 Å². The van der Waals surface area contributed by atoms with Gasteiger partial charge in [0, 0.05) is 12.3 Å². The van der Waals surface area contributed by atoms with Gasteiger partial charge < -0.3 is 14.8 Å². The summed E-state index contributed by atoms with van der Waals surface area (Å²) >= 11 is 0.